The highest BCUT2D eigenvalue weighted by Gasteiger charge is 2.16. The third kappa shape index (κ3) is 6.78. The summed E-state index contributed by atoms with van der Waals surface area (Å²) >= 11 is 0. The Morgan fingerprint density at radius 2 is 2.10 bits per heavy atom. The van der Waals surface area contributed by atoms with Gasteiger partial charge in [0, 0.05) is 18.8 Å². The van der Waals surface area contributed by atoms with Crippen LogP contribution >= 0.6 is 12.4 Å². The average molecular weight is 316 g/mol. The lowest BCUT2D eigenvalue weighted by atomic mass is 10.1. The summed E-state index contributed by atoms with van der Waals surface area (Å²) in [5, 5.41) is 2.83. The number of rotatable bonds is 7. The van der Waals surface area contributed by atoms with Gasteiger partial charge in [0.25, 0.3) is 0 Å². The molecule has 1 aromatic rings. The van der Waals surface area contributed by atoms with Crippen LogP contribution in [0.25, 0.3) is 0 Å². The van der Waals surface area contributed by atoms with Gasteiger partial charge in [-0.25, -0.2) is 4.98 Å². The smallest absolute Gasteiger partial charge is 0.237 e. The van der Waals surface area contributed by atoms with Crippen molar-refractivity contribution in [2.75, 3.05) is 0 Å². The molecule has 2 atom stereocenters. The standard InChI is InChI=1S/C15H25N3O2.ClH/c1-5-11(4)20-13-8-12(6-7-17-13)9-18-15(19)14(16)10(2)3;/h6-8,10-11,14H,5,9,16H2,1-4H3,(H,18,19);1H/t11?,14-;/m0./s1. The zero-order chi connectivity index (χ0) is 15.1. The van der Waals surface area contributed by atoms with Gasteiger partial charge in [-0.15, -0.1) is 12.4 Å². The van der Waals surface area contributed by atoms with Crippen LogP contribution in [0, 0.1) is 5.92 Å². The fourth-order valence-electron chi connectivity index (χ4n) is 1.52. The Morgan fingerprint density at radius 1 is 1.43 bits per heavy atom. The normalized spacial score (nSPS) is 13.2. The first-order chi connectivity index (χ1) is 9.43. The van der Waals surface area contributed by atoms with E-state index >= 15 is 0 Å². The summed E-state index contributed by atoms with van der Waals surface area (Å²) in [6.07, 6.45) is 2.73. The molecule has 6 heteroatoms. The third-order valence-corrected chi connectivity index (χ3v) is 3.18. The van der Waals surface area contributed by atoms with E-state index < -0.39 is 6.04 Å². The highest BCUT2D eigenvalue weighted by Crippen LogP contribution is 2.12. The van der Waals surface area contributed by atoms with Gasteiger partial charge >= 0.3 is 0 Å². The van der Waals surface area contributed by atoms with Gasteiger partial charge in [-0.3, -0.25) is 4.79 Å². The van der Waals surface area contributed by atoms with Crippen LogP contribution in [0.15, 0.2) is 18.3 Å². The molecule has 0 aromatic carbocycles. The summed E-state index contributed by atoms with van der Waals surface area (Å²) < 4.78 is 5.65. The maximum Gasteiger partial charge on any atom is 0.237 e. The molecule has 5 nitrogen and oxygen atoms in total. The topological polar surface area (TPSA) is 77.2 Å². The van der Waals surface area contributed by atoms with Crippen LogP contribution in [0.1, 0.15) is 39.7 Å². The lowest BCUT2D eigenvalue weighted by Gasteiger charge is -2.16. The molecule has 0 fully saturated rings. The summed E-state index contributed by atoms with van der Waals surface area (Å²) in [5.74, 6) is 0.567. The van der Waals surface area contributed by atoms with Crippen LogP contribution in [0.4, 0.5) is 0 Å². The first-order valence-electron chi connectivity index (χ1n) is 7.08. The van der Waals surface area contributed by atoms with Gasteiger partial charge in [0.15, 0.2) is 0 Å². The SMILES string of the molecule is CCC(C)Oc1cc(CNC(=O)[C@@H](N)C(C)C)ccn1.Cl. The number of nitrogens with two attached hydrogens (primary N) is 1. The number of amides is 1. The maximum atomic E-state index is 11.8. The quantitative estimate of drug-likeness (QED) is 0.809. The van der Waals surface area contributed by atoms with E-state index in [2.05, 4.69) is 17.2 Å². The zero-order valence-corrected chi connectivity index (χ0v) is 13.9. The lowest BCUT2D eigenvalue weighted by Crippen LogP contribution is -2.43. The van der Waals surface area contributed by atoms with E-state index in [1.54, 1.807) is 6.20 Å². The van der Waals surface area contributed by atoms with Crippen LogP contribution in [0.3, 0.4) is 0 Å². The molecule has 120 valence electrons. The Balaban J connectivity index is 0.00000400. The zero-order valence-electron chi connectivity index (χ0n) is 13.1. The lowest BCUT2D eigenvalue weighted by molar-refractivity contribution is -0.123. The molecule has 1 aromatic heterocycles. The largest absolute Gasteiger partial charge is 0.475 e. The van der Waals surface area contributed by atoms with E-state index in [0.29, 0.717) is 12.4 Å². The van der Waals surface area contributed by atoms with E-state index in [9.17, 15) is 4.79 Å². The third-order valence-electron chi connectivity index (χ3n) is 3.18. The van der Waals surface area contributed by atoms with Crippen LogP contribution in [-0.2, 0) is 11.3 Å². The Labute approximate surface area is 133 Å². The number of ether oxygens (including phenoxy) is 1. The molecule has 0 bridgehead atoms. The van der Waals surface area contributed by atoms with Crippen molar-refractivity contribution >= 4 is 18.3 Å². The number of halogens is 1. The fraction of sp³-hybridized carbons (Fsp3) is 0.600. The highest BCUT2D eigenvalue weighted by molar-refractivity contribution is 5.85. The molecule has 3 N–H and O–H groups in total. The molecule has 0 aliphatic heterocycles. The first kappa shape index (κ1) is 19.7. The molecular formula is C15H26ClN3O2. The van der Waals surface area contributed by atoms with E-state index in [1.165, 1.54) is 0 Å². The van der Waals surface area contributed by atoms with Crippen molar-refractivity contribution in [3.05, 3.63) is 23.9 Å². The van der Waals surface area contributed by atoms with Gasteiger partial charge in [-0.1, -0.05) is 20.8 Å². The molecule has 0 spiro atoms. The molecule has 1 heterocycles. The Hall–Kier alpha value is -1.33. The molecule has 1 amide bonds. The van der Waals surface area contributed by atoms with Crippen molar-refractivity contribution in [2.24, 2.45) is 11.7 Å². The van der Waals surface area contributed by atoms with Gasteiger partial charge in [0.2, 0.25) is 11.8 Å². The minimum Gasteiger partial charge on any atom is -0.475 e. The van der Waals surface area contributed by atoms with Gasteiger partial charge in [-0.2, -0.15) is 0 Å². The number of carbonyl (C=O) groups is 1. The van der Waals surface area contributed by atoms with Crippen molar-refractivity contribution in [2.45, 2.75) is 52.8 Å². The fourth-order valence-corrected chi connectivity index (χ4v) is 1.52. The minimum absolute atomic E-state index is 0. The number of aromatic nitrogens is 1. The summed E-state index contributed by atoms with van der Waals surface area (Å²) in [6.45, 7) is 8.34. The molecule has 1 unspecified atom stereocenters. The maximum absolute atomic E-state index is 11.8. The van der Waals surface area contributed by atoms with Gasteiger partial charge in [0.1, 0.15) is 0 Å². The Morgan fingerprint density at radius 3 is 2.67 bits per heavy atom. The monoisotopic (exact) mass is 315 g/mol. The molecule has 21 heavy (non-hydrogen) atoms. The second-order valence-corrected chi connectivity index (χ2v) is 5.33. The van der Waals surface area contributed by atoms with E-state index in [0.717, 1.165) is 12.0 Å². The van der Waals surface area contributed by atoms with Gasteiger partial charge < -0.3 is 15.8 Å². The van der Waals surface area contributed by atoms with Crippen molar-refractivity contribution < 1.29 is 9.53 Å². The summed E-state index contributed by atoms with van der Waals surface area (Å²) in [5.41, 5.74) is 6.74. The minimum atomic E-state index is -0.479. The number of pyridine rings is 1. The first-order valence-corrected chi connectivity index (χ1v) is 7.08. The Kier molecular flexibility index (Phi) is 8.97. The van der Waals surface area contributed by atoms with Gasteiger partial charge in [-0.05, 0) is 30.9 Å². The molecule has 0 saturated heterocycles. The highest BCUT2D eigenvalue weighted by atomic mass is 35.5. The predicted molar refractivity (Wildman–Crippen MR) is 86.5 cm³/mol. The summed E-state index contributed by atoms with van der Waals surface area (Å²) in [6, 6.07) is 3.21. The Bertz CT molecular complexity index is 441. The van der Waals surface area contributed by atoms with Crippen LogP contribution in [0.5, 0.6) is 5.88 Å². The van der Waals surface area contributed by atoms with E-state index in [-0.39, 0.29) is 30.3 Å². The molecule has 1 rings (SSSR count). The second kappa shape index (κ2) is 9.58. The van der Waals surface area contributed by atoms with Crippen molar-refractivity contribution in [1.29, 1.82) is 0 Å². The molecule has 0 saturated carbocycles. The summed E-state index contributed by atoms with van der Waals surface area (Å²) in [7, 11) is 0. The van der Waals surface area contributed by atoms with E-state index in [1.807, 2.05) is 32.9 Å². The van der Waals surface area contributed by atoms with Crippen molar-refractivity contribution in [3.63, 3.8) is 0 Å². The average Bonchev–Trinajstić information content (AvgIpc) is 2.44. The van der Waals surface area contributed by atoms with Crippen molar-refractivity contribution in [1.82, 2.24) is 10.3 Å². The molecule has 0 aliphatic carbocycles. The van der Waals surface area contributed by atoms with Crippen LogP contribution in [-0.4, -0.2) is 23.0 Å². The number of carbonyl (C=O) groups excluding carboxylic acids is 1. The number of hydrogen-bond donors (Lipinski definition) is 2. The molecular weight excluding hydrogens is 290 g/mol. The molecule has 0 aliphatic rings. The van der Waals surface area contributed by atoms with Crippen LogP contribution < -0.4 is 15.8 Å². The van der Waals surface area contributed by atoms with Crippen LogP contribution in [0.2, 0.25) is 0 Å². The van der Waals surface area contributed by atoms with Gasteiger partial charge in [0.05, 0.1) is 12.1 Å². The number of nitrogens with one attached hydrogen (secondary N) is 1. The number of hydrogen-bond acceptors (Lipinski definition) is 4. The number of nitrogens with zero attached hydrogens (tertiary/aromatic N) is 1. The molecule has 0 radical (unpaired) electrons. The summed E-state index contributed by atoms with van der Waals surface area (Å²) in [4.78, 5) is 15.9. The van der Waals surface area contributed by atoms with Crippen molar-refractivity contribution in [3.8, 4) is 5.88 Å². The van der Waals surface area contributed by atoms with E-state index in [4.69, 9.17) is 10.5 Å². The second-order valence-electron chi connectivity index (χ2n) is 5.33. The predicted octanol–water partition coefficient (Wildman–Crippen LogP) is 2.28.